The van der Waals surface area contributed by atoms with E-state index in [2.05, 4.69) is 10.6 Å². The first kappa shape index (κ1) is 21.0. The molecule has 1 aromatic heterocycles. The number of anilines is 1. The number of rotatable bonds is 9. The molecule has 1 aromatic carbocycles. The van der Waals surface area contributed by atoms with Crippen LogP contribution in [0.1, 0.15) is 23.2 Å². The van der Waals surface area contributed by atoms with Gasteiger partial charge in [-0.25, -0.2) is 0 Å². The van der Waals surface area contributed by atoms with Gasteiger partial charge in [0.1, 0.15) is 12.4 Å². The summed E-state index contributed by atoms with van der Waals surface area (Å²) in [6, 6.07) is 8.90. The molecule has 6 nitrogen and oxygen atoms in total. The maximum atomic E-state index is 11.9. The highest BCUT2D eigenvalue weighted by atomic mass is 35.5. The number of carbonyl (C=O) groups is 2. The van der Waals surface area contributed by atoms with E-state index in [0.717, 1.165) is 5.75 Å². The fourth-order valence-electron chi connectivity index (χ4n) is 1.98. The minimum atomic E-state index is -0.107. The first-order valence-electron chi connectivity index (χ1n) is 7.72. The molecular formula is C17H22ClN3O3S. The average Bonchev–Trinajstić information content (AvgIpc) is 3.12. The lowest BCUT2D eigenvalue weighted by Crippen LogP contribution is -2.25. The molecule has 0 saturated carbocycles. The van der Waals surface area contributed by atoms with Crippen molar-refractivity contribution in [3.63, 3.8) is 0 Å². The van der Waals surface area contributed by atoms with E-state index < -0.39 is 0 Å². The molecule has 2 aromatic rings. The molecule has 0 aliphatic heterocycles. The topological polar surface area (TPSA) is 93.4 Å². The summed E-state index contributed by atoms with van der Waals surface area (Å²) >= 11 is 1.48. The Morgan fingerprint density at radius 3 is 2.56 bits per heavy atom. The van der Waals surface area contributed by atoms with Crippen LogP contribution in [0, 0.1) is 0 Å². The molecule has 25 heavy (non-hydrogen) atoms. The fourth-order valence-corrected chi connectivity index (χ4v) is 2.62. The number of thiophene rings is 1. The van der Waals surface area contributed by atoms with Crippen LogP contribution in [0.4, 0.5) is 5.69 Å². The molecule has 0 spiro atoms. The molecule has 4 N–H and O–H groups in total. The van der Waals surface area contributed by atoms with Gasteiger partial charge in [0.15, 0.2) is 0 Å². The summed E-state index contributed by atoms with van der Waals surface area (Å²) in [6.07, 6.45) is 0.925. The molecule has 136 valence electrons. The Labute approximate surface area is 157 Å². The van der Waals surface area contributed by atoms with Crippen molar-refractivity contribution in [1.82, 2.24) is 5.32 Å². The Hall–Kier alpha value is -2.09. The summed E-state index contributed by atoms with van der Waals surface area (Å²) in [5.74, 6) is 0.523. The van der Waals surface area contributed by atoms with Crippen molar-refractivity contribution in [3.05, 3.63) is 46.7 Å². The lowest BCUT2D eigenvalue weighted by molar-refractivity contribution is -0.116. The molecule has 0 saturated heterocycles. The van der Waals surface area contributed by atoms with Crippen LogP contribution in [0.2, 0.25) is 0 Å². The van der Waals surface area contributed by atoms with Crippen LogP contribution < -0.4 is 21.1 Å². The Bertz CT molecular complexity index is 648. The molecular weight excluding hydrogens is 362 g/mol. The summed E-state index contributed by atoms with van der Waals surface area (Å²) in [5, 5.41) is 9.25. The number of halogens is 1. The number of ether oxygens (including phenoxy) is 1. The SMILES string of the molecule is Cl.NCCOc1ccc(NC(=O)CCCNC(=O)c2ccsc2)cc1. The molecule has 0 aliphatic rings. The maximum absolute atomic E-state index is 11.9. The van der Waals surface area contributed by atoms with Crippen LogP contribution in [0.3, 0.4) is 0 Å². The second kappa shape index (κ2) is 11.5. The molecule has 0 aliphatic carbocycles. The lowest BCUT2D eigenvalue weighted by Gasteiger charge is -2.08. The van der Waals surface area contributed by atoms with Crippen LogP contribution in [0.15, 0.2) is 41.1 Å². The van der Waals surface area contributed by atoms with Gasteiger partial charge in [0.05, 0.1) is 0 Å². The van der Waals surface area contributed by atoms with Gasteiger partial charge in [-0.3, -0.25) is 9.59 Å². The highest BCUT2D eigenvalue weighted by Crippen LogP contribution is 2.15. The van der Waals surface area contributed by atoms with Crippen LogP contribution in [-0.2, 0) is 4.79 Å². The van der Waals surface area contributed by atoms with Crippen LogP contribution in [0.5, 0.6) is 5.75 Å². The average molecular weight is 384 g/mol. The normalized spacial score (nSPS) is 9.80. The van der Waals surface area contributed by atoms with Gasteiger partial charge in [0, 0.05) is 36.1 Å². The van der Waals surface area contributed by atoms with Crippen LogP contribution in [0.25, 0.3) is 0 Å². The number of hydrogen-bond donors (Lipinski definition) is 3. The van der Waals surface area contributed by atoms with Gasteiger partial charge < -0.3 is 21.1 Å². The third-order valence-corrected chi connectivity index (χ3v) is 3.86. The van der Waals surface area contributed by atoms with Crippen molar-refractivity contribution in [3.8, 4) is 5.75 Å². The molecule has 0 bridgehead atoms. The minimum Gasteiger partial charge on any atom is -0.492 e. The highest BCUT2D eigenvalue weighted by Gasteiger charge is 2.06. The Kier molecular flexibility index (Phi) is 9.61. The number of nitrogens with two attached hydrogens (primary N) is 1. The minimum absolute atomic E-state index is 0. The van der Waals surface area contributed by atoms with Gasteiger partial charge in [-0.1, -0.05) is 0 Å². The molecule has 1 heterocycles. The quantitative estimate of drug-likeness (QED) is 0.580. The number of carbonyl (C=O) groups excluding carboxylic acids is 2. The Morgan fingerprint density at radius 2 is 1.92 bits per heavy atom. The van der Waals surface area contributed by atoms with Gasteiger partial charge in [-0.05, 0) is 42.1 Å². The molecule has 0 fully saturated rings. The van der Waals surface area contributed by atoms with Crippen molar-refractivity contribution in [2.45, 2.75) is 12.8 Å². The van der Waals surface area contributed by atoms with E-state index in [9.17, 15) is 9.59 Å². The molecule has 2 amide bonds. The number of benzene rings is 1. The predicted molar refractivity (Wildman–Crippen MR) is 103 cm³/mol. The first-order valence-corrected chi connectivity index (χ1v) is 8.66. The van der Waals surface area contributed by atoms with E-state index in [0.29, 0.717) is 43.8 Å². The Balaban J connectivity index is 0.00000312. The highest BCUT2D eigenvalue weighted by molar-refractivity contribution is 7.08. The lowest BCUT2D eigenvalue weighted by atomic mass is 10.2. The molecule has 0 unspecified atom stereocenters. The van der Waals surface area contributed by atoms with E-state index in [1.54, 1.807) is 35.7 Å². The zero-order chi connectivity index (χ0) is 17.2. The molecule has 2 rings (SSSR count). The number of amides is 2. The Morgan fingerprint density at radius 1 is 1.16 bits per heavy atom. The summed E-state index contributed by atoms with van der Waals surface area (Å²) in [4.78, 5) is 23.6. The first-order chi connectivity index (χ1) is 11.7. The van der Waals surface area contributed by atoms with E-state index in [4.69, 9.17) is 10.5 Å². The summed E-state index contributed by atoms with van der Waals surface area (Å²) in [5.41, 5.74) is 6.73. The van der Waals surface area contributed by atoms with E-state index in [1.165, 1.54) is 11.3 Å². The standard InChI is InChI=1S/C17H21N3O3S.ClH/c18-8-10-23-15-5-3-14(4-6-15)20-16(21)2-1-9-19-17(22)13-7-11-24-12-13;/h3-7,11-12H,1-2,8-10,18H2,(H,19,22)(H,20,21);1H. The summed E-state index contributed by atoms with van der Waals surface area (Å²) in [7, 11) is 0. The number of hydrogen-bond acceptors (Lipinski definition) is 5. The smallest absolute Gasteiger partial charge is 0.252 e. The molecule has 0 radical (unpaired) electrons. The number of nitrogens with one attached hydrogen (secondary N) is 2. The van der Waals surface area contributed by atoms with Gasteiger partial charge in [0.25, 0.3) is 5.91 Å². The van der Waals surface area contributed by atoms with E-state index in [-0.39, 0.29) is 24.2 Å². The van der Waals surface area contributed by atoms with Gasteiger partial charge in [-0.2, -0.15) is 11.3 Å². The maximum Gasteiger partial charge on any atom is 0.252 e. The monoisotopic (exact) mass is 383 g/mol. The summed E-state index contributed by atoms with van der Waals surface area (Å²) in [6.45, 7) is 1.39. The zero-order valence-electron chi connectivity index (χ0n) is 13.7. The van der Waals surface area contributed by atoms with Crippen LogP contribution in [-0.4, -0.2) is 31.5 Å². The van der Waals surface area contributed by atoms with Crippen molar-refractivity contribution in [2.75, 3.05) is 25.0 Å². The van der Waals surface area contributed by atoms with E-state index in [1.807, 2.05) is 5.38 Å². The largest absolute Gasteiger partial charge is 0.492 e. The molecule has 8 heteroatoms. The van der Waals surface area contributed by atoms with Gasteiger partial charge >= 0.3 is 0 Å². The van der Waals surface area contributed by atoms with Crippen molar-refractivity contribution in [2.24, 2.45) is 5.73 Å². The van der Waals surface area contributed by atoms with Crippen LogP contribution >= 0.6 is 23.7 Å². The zero-order valence-corrected chi connectivity index (χ0v) is 15.3. The second-order valence-electron chi connectivity index (χ2n) is 5.08. The van der Waals surface area contributed by atoms with Crippen molar-refractivity contribution in [1.29, 1.82) is 0 Å². The fraction of sp³-hybridized carbons (Fsp3) is 0.294. The van der Waals surface area contributed by atoms with E-state index >= 15 is 0 Å². The third kappa shape index (κ3) is 7.55. The second-order valence-corrected chi connectivity index (χ2v) is 5.86. The predicted octanol–water partition coefficient (Wildman–Crippen LogP) is 2.66. The third-order valence-electron chi connectivity index (χ3n) is 3.17. The van der Waals surface area contributed by atoms with Gasteiger partial charge in [0.2, 0.25) is 5.91 Å². The van der Waals surface area contributed by atoms with Crippen molar-refractivity contribution < 1.29 is 14.3 Å². The van der Waals surface area contributed by atoms with Gasteiger partial charge in [-0.15, -0.1) is 12.4 Å². The molecule has 0 atom stereocenters. The van der Waals surface area contributed by atoms with Crippen molar-refractivity contribution >= 4 is 41.2 Å². The summed E-state index contributed by atoms with van der Waals surface area (Å²) < 4.78 is 5.37.